The van der Waals surface area contributed by atoms with Crippen molar-refractivity contribution >= 4 is 5.91 Å². The fraction of sp³-hybridized carbons (Fsp3) is 0.933. The molecule has 2 aliphatic rings. The average Bonchev–Trinajstić information content (AvgIpc) is 2.54. The predicted octanol–water partition coefficient (Wildman–Crippen LogP) is -0.112. The molecule has 0 radical (unpaired) electrons. The number of carbonyl (C=O) groups excluding carboxylic acids is 1. The molecule has 0 unspecified atom stereocenters. The number of rotatable bonds is 6. The van der Waals surface area contributed by atoms with Gasteiger partial charge in [-0.25, -0.2) is 0 Å². The first-order valence-corrected chi connectivity index (χ1v) is 8.06. The molecule has 0 aromatic carbocycles. The van der Waals surface area contributed by atoms with Crippen molar-refractivity contribution in [3.63, 3.8) is 0 Å². The van der Waals surface area contributed by atoms with Gasteiger partial charge in [-0.05, 0) is 13.0 Å². The highest BCUT2D eigenvalue weighted by atomic mass is 16.5. The first-order valence-electron chi connectivity index (χ1n) is 8.06. The molecule has 1 amide bonds. The first-order chi connectivity index (χ1) is 10.2. The van der Waals surface area contributed by atoms with Crippen molar-refractivity contribution in [2.75, 3.05) is 72.7 Å². The number of nitrogens with zero attached hydrogens (tertiary/aromatic N) is 3. The highest BCUT2D eigenvalue weighted by molar-refractivity contribution is 5.78. The van der Waals surface area contributed by atoms with Crippen LogP contribution in [-0.2, 0) is 14.3 Å². The maximum Gasteiger partial charge on any atom is 0.236 e. The highest BCUT2D eigenvalue weighted by Gasteiger charge is 2.26. The zero-order valence-electron chi connectivity index (χ0n) is 13.4. The molecular weight excluding hydrogens is 270 g/mol. The van der Waals surface area contributed by atoms with E-state index in [4.69, 9.17) is 9.47 Å². The van der Waals surface area contributed by atoms with Crippen molar-refractivity contribution in [2.24, 2.45) is 0 Å². The summed E-state index contributed by atoms with van der Waals surface area (Å²) in [5.41, 5.74) is 0. The molecule has 1 atom stereocenters. The van der Waals surface area contributed by atoms with Gasteiger partial charge in [-0.1, -0.05) is 6.92 Å². The van der Waals surface area contributed by atoms with Crippen LogP contribution in [0.4, 0.5) is 0 Å². The van der Waals surface area contributed by atoms with Gasteiger partial charge in [0.05, 0.1) is 19.3 Å². The molecule has 122 valence electrons. The number of morpholine rings is 1. The van der Waals surface area contributed by atoms with Crippen LogP contribution in [0.15, 0.2) is 0 Å². The Morgan fingerprint density at radius 1 is 1.19 bits per heavy atom. The summed E-state index contributed by atoms with van der Waals surface area (Å²) >= 11 is 0. The minimum atomic E-state index is 0.125. The van der Waals surface area contributed by atoms with Crippen molar-refractivity contribution in [3.05, 3.63) is 0 Å². The second-order valence-electron chi connectivity index (χ2n) is 5.82. The third-order valence-corrected chi connectivity index (χ3v) is 4.41. The molecule has 2 heterocycles. The molecule has 0 aliphatic carbocycles. The zero-order chi connectivity index (χ0) is 15.1. The Kier molecular flexibility index (Phi) is 6.89. The summed E-state index contributed by atoms with van der Waals surface area (Å²) < 4.78 is 10.8. The van der Waals surface area contributed by atoms with Crippen LogP contribution in [-0.4, -0.2) is 99.4 Å². The number of methoxy groups -OCH3 is 1. The molecule has 2 rings (SSSR count). The smallest absolute Gasteiger partial charge is 0.236 e. The largest absolute Gasteiger partial charge is 0.385 e. The Bertz CT molecular complexity index is 319. The van der Waals surface area contributed by atoms with Gasteiger partial charge in [0.25, 0.3) is 0 Å². The molecule has 0 bridgehead atoms. The van der Waals surface area contributed by atoms with Gasteiger partial charge in [-0.3, -0.25) is 9.69 Å². The minimum absolute atomic E-state index is 0.125. The SMILES string of the molecule is CCN1CCN(CC(=O)N2CCO[C@H](CCOC)C2)CC1. The maximum absolute atomic E-state index is 12.4. The van der Waals surface area contributed by atoms with Crippen molar-refractivity contribution in [3.8, 4) is 0 Å². The van der Waals surface area contributed by atoms with Gasteiger partial charge < -0.3 is 19.3 Å². The topological polar surface area (TPSA) is 45.2 Å². The van der Waals surface area contributed by atoms with E-state index in [1.165, 1.54) is 0 Å². The second-order valence-corrected chi connectivity index (χ2v) is 5.82. The van der Waals surface area contributed by atoms with Crippen LogP contribution in [0, 0.1) is 0 Å². The van der Waals surface area contributed by atoms with E-state index in [9.17, 15) is 4.79 Å². The van der Waals surface area contributed by atoms with Gasteiger partial charge in [0.2, 0.25) is 5.91 Å². The maximum atomic E-state index is 12.4. The molecular formula is C15H29N3O3. The monoisotopic (exact) mass is 299 g/mol. The van der Waals surface area contributed by atoms with Crippen LogP contribution >= 0.6 is 0 Å². The lowest BCUT2D eigenvalue weighted by molar-refractivity contribution is -0.141. The van der Waals surface area contributed by atoms with Crippen molar-refractivity contribution < 1.29 is 14.3 Å². The van der Waals surface area contributed by atoms with E-state index in [1.807, 2.05) is 4.90 Å². The van der Waals surface area contributed by atoms with Gasteiger partial charge in [-0.15, -0.1) is 0 Å². The van der Waals surface area contributed by atoms with E-state index in [2.05, 4.69) is 16.7 Å². The lowest BCUT2D eigenvalue weighted by Gasteiger charge is -2.37. The fourth-order valence-electron chi connectivity index (χ4n) is 2.92. The number of carbonyl (C=O) groups is 1. The standard InChI is InChI=1S/C15H29N3O3/c1-3-16-5-7-17(8-6-16)13-15(19)18-9-11-21-14(12-18)4-10-20-2/h14H,3-13H2,1-2H3/t14-/m1/s1. The highest BCUT2D eigenvalue weighted by Crippen LogP contribution is 2.10. The average molecular weight is 299 g/mol. The van der Waals surface area contributed by atoms with E-state index >= 15 is 0 Å². The Balaban J connectivity index is 1.72. The van der Waals surface area contributed by atoms with Crippen LogP contribution in [0.1, 0.15) is 13.3 Å². The van der Waals surface area contributed by atoms with Gasteiger partial charge in [0.1, 0.15) is 0 Å². The normalized spacial score (nSPS) is 25.2. The summed E-state index contributed by atoms with van der Waals surface area (Å²) in [5, 5.41) is 0. The van der Waals surface area contributed by atoms with Crippen LogP contribution in [0.5, 0.6) is 0 Å². The van der Waals surface area contributed by atoms with E-state index < -0.39 is 0 Å². The Hall–Kier alpha value is -0.690. The third-order valence-electron chi connectivity index (χ3n) is 4.41. The summed E-state index contributed by atoms with van der Waals surface area (Å²) in [6, 6.07) is 0. The summed E-state index contributed by atoms with van der Waals surface area (Å²) in [5.74, 6) is 0.241. The van der Waals surface area contributed by atoms with E-state index in [0.717, 1.165) is 45.7 Å². The molecule has 0 spiro atoms. The minimum Gasteiger partial charge on any atom is -0.385 e. The molecule has 0 N–H and O–H groups in total. The van der Waals surface area contributed by atoms with Crippen LogP contribution in [0.3, 0.4) is 0 Å². The predicted molar refractivity (Wildman–Crippen MR) is 81.4 cm³/mol. The summed E-state index contributed by atoms with van der Waals surface area (Å²) in [7, 11) is 1.70. The molecule has 2 aliphatic heterocycles. The third kappa shape index (κ3) is 5.21. The zero-order valence-corrected chi connectivity index (χ0v) is 13.4. The summed E-state index contributed by atoms with van der Waals surface area (Å²) in [4.78, 5) is 19.1. The Labute approximate surface area is 128 Å². The molecule has 6 nitrogen and oxygen atoms in total. The van der Waals surface area contributed by atoms with Crippen molar-refractivity contribution in [1.29, 1.82) is 0 Å². The fourth-order valence-corrected chi connectivity index (χ4v) is 2.92. The van der Waals surface area contributed by atoms with Gasteiger partial charge in [0.15, 0.2) is 0 Å². The lowest BCUT2D eigenvalue weighted by Crippen LogP contribution is -2.52. The molecule has 0 aromatic heterocycles. The number of ether oxygens (including phenoxy) is 2. The molecule has 2 saturated heterocycles. The molecule has 6 heteroatoms. The van der Waals surface area contributed by atoms with Crippen LogP contribution in [0.2, 0.25) is 0 Å². The van der Waals surface area contributed by atoms with Gasteiger partial charge in [-0.2, -0.15) is 0 Å². The molecule has 0 aromatic rings. The quantitative estimate of drug-likeness (QED) is 0.685. The number of piperazine rings is 1. The summed E-state index contributed by atoms with van der Waals surface area (Å²) in [6.07, 6.45) is 0.981. The Morgan fingerprint density at radius 2 is 1.90 bits per heavy atom. The second kappa shape index (κ2) is 8.68. The summed E-state index contributed by atoms with van der Waals surface area (Å²) in [6.45, 7) is 10.7. The van der Waals surface area contributed by atoms with Gasteiger partial charge in [0, 0.05) is 53.0 Å². The first kappa shape index (κ1) is 16.7. The van der Waals surface area contributed by atoms with E-state index in [0.29, 0.717) is 26.3 Å². The van der Waals surface area contributed by atoms with E-state index in [1.54, 1.807) is 7.11 Å². The van der Waals surface area contributed by atoms with Crippen molar-refractivity contribution in [1.82, 2.24) is 14.7 Å². The van der Waals surface area contributed by atoms with Crippen LogP contribution < -0.4 is 0 Å². The molecule has 21 heavy (non-hydrogen) atoms. The van der Waals surface area contributed by atoms with Crippen LogP contribution in [0.25, 0.3) is 0 Å². The number of hydrogen-bond donors (Lipinski definition) is 0. The number of likely N-dealkylation sites (N-methyl/N-ethyl adjacent to an activating group) is 1. The van der Waals surface area contributed by atoms with E-state index in [-0.39, 0.29) is 12.0 Å². The Morgan fingerprint density at radius 3 is 2.57 bits per heavy atom. The lowest BCUT2D eigenvalue weighted by atomic mass is 10.2. The molecule has 0 saturated carbocycles. The number of amides is 1. The molecule has 2 fully saturated rings. The van der Waals surface area contributed by atoms with Gasteiger partial charge >= 0.3 is 0 Å². The van der Waals surface area contributed by atoms with Crippen molar-refractivity contribution in [2.45, 2.75) is 19.4 Å². The number of hydrogen-bond acceptors (Lipinski definition) is 5.